The SMILES string of the molecule is c1ccc(-c2cc(-c3ccc(-c4ccc5sc6c(ccc7c(-c8ccccc8)nc8ccccc8c76)c5c4)cc3)nc(-c3cccc4oc5ccccc5c34)n2)cc1. The molecule has 0 aliphatic heterocycles. The first-order valence-electron chi connectivity index (χ1n) is 19.4. The van der Waals surface area contributed by atoms with Gasteiger partial charge in [0.05, 0.1) is 22.6 Å². The zero-order valence-electron chi connectivity index (χ0n) is 31.1. The Kier molecular flexibility index (Phi) is 7.37. The van der Waals surface area contributed by atoms with Crippen LogP contribution in [0.1, 0.15) is 0 Å². The van der Waals surface area contributed by atoms with E-state index < -0.39 is 0 Å². The monoisotopic (exact) mass is 757 g/mol. The van der Waals surface area contributed by atoms with Crippen molar-refractivity contribution >= 4 is 75.1 Å². The number of fused-ring (bicyclic) bond motifs is 10. The van der Waals surface area contributed by atoms with E-state index in [2.05, 4.69) is 140 Å². The second-order valence-electron chi connectivity index (χ2n) is 14.7. The first-order valence-corrected chi connectivity index (χ1v) is 20.2. The largest absolute Gasteiger partial charge is 0.456 e. The van der Waals surface area contributed by atoms with Gasteiger partial charge in [0, 0.05) is 69.4 Å². The molecule has 12 aromatic rings. The third-order valence-corrected chi connectivity index (χ3v) is 12.5. The maximum Gasteiger partial charge on any atom is 0.161 e. The van der Waals surface area contributed by atoms with Gasteiger partial charge in [-0.1, -0.05) is 152 Å². The number of aromatic nitrogens is 3. The molecule has 0 bridgehead atoms. The number of hydrogen-bond acceptors (Lipinski definition) is 5. The van der Waals surface area contributed by atoms with E-state index >= 15 is 0 Å². The number of para-hydroxylation sites is 2. The molecule has 0 amide bonds. The molecular weight excluding hydrogens is 727 g/mol. The fraction of sp³-hybridized carbons (Fsp3) is 0. The minimum absolute atomic E-state index is 0.666. The molecule has 0 radical (unpaired) electrons. The van der Waals surface area contributed by atoms with Gasteiger partial charge in [0.25, 0.3) is 0 Å². The van der Waals surface area contributed by atoms with Crippen molar-refractivity contribution in [3.8, 4) is 56.3 Å². The number of hydrogen-bond donors (Lipinski definition) is 0. The Balaban J connectivity index is 0.973. The molecule has 270 valence electrons. The van der Waals surface area contributed by atoms with E-state index in [0.29, 0.717) is 5.82 Å². The van der Waals surface area contributed by atoms with E-state index in [-0.39, 0.29) is 0 Å². The van der Waals surface area contributed by atoms with Crippen molar-refractivity contribution in [2.24, 2.45) is 0 Å². The highest BCUT2D eigenvalue weighted by Gasteiger charge is 2.19. The lowest BCUT2D eigenvalue weighted by molar-refractivity contribution is 0.669. The summed E-state index contributed by atoms with van der Waals surface area (Å²) in [6, 6.07) is 66.0. The first-order chi connectivity index (χ1) is 28.7. The Labute approximate surface area is 337 Å². The van der Waals surface area contributed by atoms with Crippen molar-refractivity contribution in [1.29, 1.82) is 0 Å². The molecule has 12 rings (SSSR count). The number of rotatable bonds is 5. The lowest BCUT2D eigenvalue weighted by Gasteiger charge is -2.11. The molecule has 4 nitrogen and oxygen atoms in total. The normalized spacial score (nSPS) is 11.8. The van der Waals surface area contributed by atoms with Gasteiger partial charge in [0.1, 0.15) is 11.2 Å². The zero-order valence-corrected chi connectivity index (χ0v) is 31.9. The molecule has 0 fully saturated rings. The van der Waals surface area contributed by atoms with Crippen LogP contribution in [0.3, 0.4) is 0 Å². The van der Waals surface area contributed by atoms with Gasteiger partial charge in [-0.3, -0.25) is 0 Å². The predicted molar refractivity (Wildman–Crippen MR) is 242 cm³/mol. The predicted octanol–water partition coefficient (Wildman–Crippen LogP) is 14.8. The fourth-order valence-electron chi connectivity index (χ4n) is 8.53. The molecule has 4 heterocycles. The Morgan fingerprint density at radius 3 is 1.83 bits per heavy atom. The third-order valence-electron chi connectivity index (χ3n) is 11.3. The van der Waals surface area contributed by atoms with Crippen molar-refractivity contribution < 1.29 is 4.42 Å². The number of pyridine rings is 1. The van der Waals surface area contributed by atoms with Gasteiger partial charge >= 0.3 is 0 Å². The van der Waals surface area contributed by atoms with Crippen LogP contribution in [-0.2, 0) is 0 Å². The van der Waals surface area contributed by atoms with Crippen LogP contribution in [0.25, 0.3) is 120 Å². The summed E-state index contributed by atoms with van der Waals surface area (Å²) < 4.78 is 8.81. The fourth-order valence-corrected chi connectivity index (χ4v) is 9.78. The summed E-state index contributed by atoms with van der Waals surface area (Å²) in [5, 5.41) is 8.24. The van der Waals surface area contributed by atoms with Crippen LogP contribution in [0.4, 0.5) is 0 Å². The van der Waals surface area contributed by atoms with Crippen molar-refractivity contribution in [2.75, 3.05) is 0 Å². The maximum absolute atomic E-state index is 6.24. The highest BCUT2D eigenvalue weighted by atomic mass is 32.1. The lowest BCUT2D eigenvalue weighted by atomic mass is 9.97. The van der Waals surface area contributed by atoms with Crippen LogP contribution in [0.15, 0.2) is 192 Å². The number of furan rings is 1. The van der Waals surface area contributed by atoms with Crippen molar-refractivity contribution in [2.45, 2.75) is 0 Å². The maximum atomic E-state index is 6.24. The quantitative estimate of drug-likeness (QED) is 0.164. The van der Waals surface area contributed by atoms with Crippen LogP contribution < -0.4 is 0 Å². The summed E-state index contributed by atoms with van der Waals surface area (Å²) in [5.74, 6) is 0.666. The molecule has 5 heteroatoms. The zero-order chi connectivity index (χ0) is 38.2. The lowest BCUT2D eigenvalue weighted by Crippen LogP contribution is -1.96. The van der Waals surface area contributed by atoms with E-state index in [4.69, 9.17) is 19.4 Å². The van der Waals surface area contributed by atoms with E-state index in [1.165, 1.54) is 41.9 Å². The molecule has 0 atom stereocenters. The standard InChI is InChI=1S/C53H31N3OS/c1-3-12-33(13-4-1)44-31-45(56-53(55-44)41-18-11-21-47-49(41)39-17-8-10-20-46(39)57-47)34-24-22-32(23-25-34)36-26-29-48-42(30-36)37-27-28-40-50(52(37)58-48)38-16-7-9-19-43(38)54-51(40)35-14-5-2-6-15-35/h1-31H. The Bertz CT molecular complexity index is 3550. The van der Waals surface area contributed by atoms with E-state index in [9.17, 15) is 0 Å². The van der Waals surface area contributed by atoms with Gasteiger partial charge < -0.3 is 4.42 Å². The molecule has 0 unspecified atom stereocenters. The molecule has 8 aromatic carbocycles. The summed E-state index contributed by atoms with van der Waals surface area (Å²) in [5.41, 5.74) is 11.9. The van der Waals surface area contributed by atoms with Crippen LogP contribution >= 0.6 is 11.3 Å². The highest BCUT2D eigenvalue weighted by molar-refractivity contribution is 7.26. The van der Waals surface area contributed by atoms with E-state index in [1.807, 2.05) is 59.9 Å². The van der Waals surface area contributed by atoms with E-state index in [1.54, 1.807) is 0 Å². The smallest absolute Gasteiger partial charge is 0.161 e. The van der Waals surface area contributed by atoms with Crippen molar-refractivity contribution in [3.05, 3.63) is 188 Å². The summed E-state index contributed by atoms with van der Waals surface area (Å²) >= 11 is 1.87. The molecule has 0 aliphatic carbocycles. The molecule has 4 aromatic heterocycles. The highest BCUT2D eigenvalue weighted by Crippen LogP contribution is 2.44. The van der Waals surface area contributed by atoms with Crippen molar-refractivity contribution in [1.82, 2.24) is 15.0 Å². The van der Waals surface area contributed by atoms with Gasteiger partial charge in [-0.05, 0) is 47.5 Å². The Morgan fingerprint density at radius 2 is 1.02 bits per heavy atom. The average Bonchev–Trinajstić information content (AvgIpc) is 3.87. The van der Waals surface area contributed by atoms with Gasteiger partial charge in [0.15, 0.2) is 5.82 Å². The molecule has 58 heavy (non-hydrogen) atoms. The van der Waals surface area contributed by atoms with Gasteiger partial charge in [-0.25, -0.2) is 15.0 Å². The second-order valence-corrected chi connectivity index (χ2v) is 15.8. The topological polar surface area (TPSA) is 51.8 Å². The Hall–Kier alpha value is -7.47. The van der Waals surface area contributed by atoms with Gasteiger partial charge in [0.2, 0.25) is 0 Å². The van der Waals surface area contributed by atoms with Crippen LogP contribution in [0.2, 0.25) is 0 Å². The molecule has 0 saturated heterocycles. The van der Waals surface area contributed by atoms with Crippen LogP contribution in [0.5, 0.6) is 0 Å². The van der Waals surface area contributed by atoms with Gasteiger partial charge in [-0.2, -0.15) is 0 Å². The average molecular weight is 758 g/mol. The number of thiophene rings is 1. The minimum atomic E-state index is 0.666. The Morgan fingerprint density at radius 1 is 0.379 bits per heavy atom. The van der Waals surface area contributed by atoms with Gasteiger partial charge in [-0.15, -0.1) is 11.3 Å². The minimum Gasteiger partial charge on any atom is -0.456 e. The summed E-state index contributed by atoms with van der Waals surface area (Å²) in [6.45, 7) is 0. The van der Waals surface area contributed by atoms with Crippen LogP contribution in [0, 0.1) is 0 Å². The molecule has 0 N–H and O–H groups in total. The first kappa shape index (κ1) is 32.7. The molecular formula is C53H31N3OS. The van der Waals surface area contributed by atoms with Crippen molar-refractivity contribution in [3.63, 3.8) is 0 Å². The molecule has 0 aliphatic rings. The summed E-state index contributed by atoms with van der Waals surface area (Å²) in [4.78, 5) is 15.5. The van der Waals surface area contributed by atoms with Crippen LogP contribution in [-0.4, -0.2) is 15.0 Å². The number of benzene rings is 8. The molecule has 0 saturated carbocycles. The third kappa shape index (κ3) is 5.25. The van der Waals surface area contributed by atoms with E-state index in [0.717, 1.165) is 72.4 Å². The summed E-state index contributed by atoms with van der Waals surface area (Å²) in [6.07, 6.45) is 0. The summed E-state index contributed by atoms with van der Waals surface area (Å²) in [7, 11) is 0. The number of nitrogens with zero attached hydrogens (tertiary/aromatic N) is 3. The molecule has 0 spiro atoms. The second kappa shape index (κ2) is 13.1.